The van der Waals surface area contributed by atoms with Gasteiger partial charge in [0, 0.05) is 31.2 Å². The fraction of sp³-hybridized carbons (Fsp3) is 0.619. The molecule has 1 heterocycles. The Bertz CT molecular complexity index is 600. The Hall–Kier alpha value is -2.04. The van der Waals surface area contributed by atoms with Gasteiger partial charge in [-0.25, -0.2) is 4.79 Å². The lowest BCUT2D eigenvalue weighted by atomic mass is 9.90. The molecule has 0 atom stereocenters. The summed E-state index contributed by atoms with van der Waals surface area (Å²) in [5.74, 6) is 0.664. The summed E-state index contributed by atoms with van der Waals surface area (Å²) in [6, 6.07) is 8.48. The minimum atomic E-state index is 0.0543. The monoisotopic (exact) mass is 357 g/mol. The zero-order chi connectivity index (χ0) is 18.4. The van der Waals surface area contributed by atoms with Crippen LogP contribution in [0, 0.1) is 5.92 Å². The summed E-state index contributed by atoms with van der Waals surface area (Å²) < 4.78 is 0. The van der Waals surface area contributed by atoms with Crippen LogP contribution in [0.5, 0.6) is 0 Å². The van der Waals surface area contributed by atoms with E-state index in [4.69, 9.17) is 0 Å². The van der Waals surface area contributed by atoms with Crippen LogP contribution in [-0.2, 0) is 6.42 Å². The van der Waals surface area contributed by atoms with E-state index in [1.54, 1.807) is 0 Å². The summed E-state index contributed by atoms with van der Waals surface area (Å²) in [5.41, 5.74) is 2.03. The lowest BCUT2D eigenvalue weighted by Gasteiger charge is -2.32. The van der Waals surface area contributed by atoms with Crippen LogP contribution in [-0.4, -0.2) is 42.5 Å². The number of rotatable bonds is 5. The second-order valence-corrected chi connectivity index (χ2v) is 7.62. The quantitative estimate of drug-likeness (QED) is 0.849. The first-order valence-corrected chi connectivity index (χ1v) is 10.1. The van der Waals surface area contributed by atoms with Crippen LogP contribution in [0.25, 0.3) is 0 Å². The van der Waals surface area contributed by atoms with Crippen LogP contribution < -0.4 is 10.6 Å². The van der Waals surface area contributed by atoms with Crippen LogP contribution >= 0.6 is 0 Å². The normalized spacial score (nSPS) is 18.7. The molecule has 1 aromatic rings. The van der Waals surface area contributed by atoms with Crippen molar-refractivity contribution in [2.24, 2.45) is 5.92 Å². The Balaban J connectivity index is 1.46. The highest BCUT2D eigenvalue weighted by molar-refractivity contribution is 5.94. The molecule has 0 unspecified atom stereocenters. The summed E-state index contributed by atoms with van der Waals surface area (Å²) in [7, 11) is 0. The molecule has 0 radical (unpaired) electrons. The Morgan fingerprint density at radius 2 is 1.69 bits per heavy atom. The standard InChI is InChI=1S/C21H31N3O2/c1-2-22-21(26)24-13-11-17(12-14-24)15-16-7-9-18(10-8-16)20(25)23-19-5-3-4-6-19/h7-10,17,19H,2-6,11-15H2,1H3,(H,22,26)(H,23,25). The lowest BCUT2D eigenvalue weighted by Crippen LogP contribution is -2.44. The largest absolute Gasteiger partial charge is 0.349 e. The average molecular weight is 357 g/mol. The summed E-state index contributed by atoms with van der Waals surface area (Å²) in [6.45, 7) is 4.29. The van der Waals surface area contributed by atoms with Crippen molar-refractivity contribution in [2.45, 2.75) is 57.9 Å². The molecular weight excluding hydrogens is 326 g/mol. The molecule has 26 heavy (non-hydrogen) atoms. The molecule has 1 aromatic carbocycles. The summed E-state index contributed by atoms with van der Waals surface area (Å²) >= 11 is 0. The molecule has 1 saturated carbocycles. The molecule has 2 fully saturated rings. The van der Waals surface area contributed by atoms with Crippen molar-refractivity contribution >= 4 is 11.9 Å². The van der Waals surface area contributed by atoms with Gasteiger partial charge in [0.1, 0.15) is 0 Å². The van der Waals surface area contributed by atoms with Gasteiger partial charge in [-0.2, -0.15) is 0 Å². The maximum absolute atomic E-state index is 12.3. The third kappa shape index (κ3) is 4.99. The van der Waals surface area contributed by atoms with Crippen molar-refractivity contribution in [3.05, 3.63) is 35.4 Å². The van der Waals surface area contributed by atoms with Gasteiger partial charge in [0.2, 0.25) is 0 Å². The van der Waals surface area contributed by atoms with Gasteiger partial charge in [-0.05, 0) is 62.6 Å². The first kappa shape index (κ1) is 18.7. The summed E-state index contributed by atoms with van der Waals surface area (Å²) in [5, 5.41) is 6.01. The smallest absolute Gasteiger partial charge is 0.317 e. The van der Waals surface area contributed by atoms with Crippen LogP contribution in [0.15, 0.2) is 24.3 Å². The third-order valence-electron chi connectivity index (χ3n) is 5.66. The van der Waals surface area contributed by atoms with E-state index in [1.165, 1.54) is 18.4 Å². The number of likely N-dealkylation sites (tertiary alicyclic amines) is 1. The summed E-state index contributed by atoms with van der Waals surface area (Å²) in [4.78, 5) is 26.1. The minimum Gasteiger partial charge on any atom is -0.349 e. The van der Waals surface area contributed by atoms with Gasteiger partial charge in [-0.15, -0.1) is 0 Å². The number of urea groups is 1. The molecule has 1 saturated heterocycles. The molecule has 0 bridgehead atoms. The number of hydrogen-bond acceptors (Lipinski definition) is 2. The van der Waals surface area contributed by atoms with Gasteiger partial charge in [-0.1, -0.05) is 25.0 Å². The van der Waals surface area contributed by atoms with E-state index < -0.39 is 0 Å². The molecule has 1 aliphatic heterocycles. The molecule has 1 aliphatic carbocycles. The van der Waals surface area contributed by atoms with Gasteiger partial charge in [0.05, 0.1) is 0 Å². The number of nitrogens with one attached hydrogen (secondary N) is 2. The molecular formula is C21H31N3O2. The first-order valence-electron chi connectivity index (χ1n) is 10.1. The second kappa shape index (κ2) is 9.06. The molecule has 3 rings (SSSR count). The van der Waals surface area contributed by atoms with E-state index in [0.717, 1.165) is 50.8 Å². The van der Waals surface area contributed by atoms with Crippen molar-refractivity contribution in [1.29, 1.82) is 0 Å². The SMILES string of the molecule is CCNC(=O)N1CCC(Cc2ccc(C(=O)NC3CCCC3)cc2)CC1. The van der Waals surface area contributed by atoms with E-state index in [1.807, 2.05) is 24.0 Å². The number of nitrogens with zero attached hydrogens (tertiary/aromatic N) is 1. The molecule has 0 spiro atoms. The van der Waals surface area contributed by atoms with Gasteiger partial charge in [-0.3, -0.25) is 4.79 Å². The van der Waals surface area contributed by atoms with E-state index in [9.17, 15) is 9.59 Å². The fourth-order valence-corrected chi connectivity index (χ4v) is 4.07. The lowest BCUT2D eigenvalue weighted by molar-refractivity contribution is 0.0938. The zero-order valence-electron chi connectivity index (χ0n) is 15.8. The molecule has 0 aromatic heterocycles. The Morgan fingerprint density at radius 1 is 1.04 bits per heavy atom. The Kier molecular flexibility index (Phi) is 6.53. The number of benzene rings is 1. The van der Waals surface area contributed by atoms with Gasteiger partial charge in [0.15, 0.2) is 0 Å². The predicted octanol–water partition coefficient (Wildman–Crippen LogP) is 3.34. The Morgan fingerprint density at radius 3 is 2.31 bits per heavy atom. The third-order valence-corrected chi connectivity index (χ3v) is 5.66. The highest BCUT2D eigenvalue weighted by atomic mass is 16.2. The molecule has 5 nitrogen and oxygen atoms in total. The maximum atomic E-state index is 12.3. The highest BCUT2D eigenvalue weighted by Gasteiger charge is 2.23. The van der Waals surface area contributed by atoms with Crippen LogP contribution in [0.3, 0.4) is 0 Å². The van der Waals surface area contributed by atoms with Crippen molar-refractivity contribution in [1.82, 2.24) is 15.5 Å². The average Bonchev–Trinajstić information content (AvgIpc) is 3.16. The van der Waals surface area contributed by atoms with E-state index in [2.05, 4.69) is 22.8 Å². The van der Waals surface area contributed by atoms with Crippen molar-refractivity contribution in [2.75, 3.05) is 19.6 Å². The Labute approximate surface area is 156 Å². The number of piperidine rings is 1. The zero-order valence-corrected chi connectivity index (χ0v) is 15.8. The van der Waals surface area contributed by atoms with Gasteiger partial charge in [0.25, 0.3) is 5.91 Å². The number of hydrogen-bond donors (Lipinski definition) is 2. The predicted molar refractivity (Wildman–Crippen MR) is 103 cm³/mol. The van der Waals surface area contributed by atoms with Crippen LogP contribution in [0.1, 0.15) is 61.4 Å². The van der Waals surface area contributed by atoms with Gasteiger partial charge < -0.3 is 15.5 Å². The topological polar surface area (TPSA) is 61.4 Å². The second-order valence-electron chi connectivity index (χ2n) is 7.62. The van der Waals surface area contributed by atoms with E-state index in [0.29, 0.717) is 18.5 Å². The van der Waals surface area contributed by atoms with Crippen LogP contribution in [0.2, 0.25) is 0 Å². The number of carbonyl (C=O) groups is 2. The first-order chi connectivity index (χ1) is 12.7. The molecule has 3 amide bonds. The van der Waals surface area contributed by atoms with Gasteiger partial charge >= 0.3 is 6.03 Å². The maximum Gasteiger partial charge on any atom is 0.317 e. The van der Waals surface area contributed by atoms with Crippen molar-refractivity contribution in [3.63, 3.8) is 0 Å². The van der Waals surface area contributed by atoms with E-state index >= 15 is 0 Å². The molecule has 5 heteroatoms. The highest BCUT2D eigenvalue weighted by Crippen LogP contribution is 2.22. The number of amides is 3. The van der Waals surface area contributed by atoms with Crippen molar-refractivity contribution < 1.29 is 9.59 Å². The number of carbonyl (C=O) groups excluding carboxylic acids is 2. The molecule has 2 N–H and O–H groups in total. The fourth-order valence-electron chi connectivity index (χ4n) is 4.07. The minimum absolute atomic E-state index is 0.0543. The van der Waals surface area contributed by atoms with Crippen molar-refractivity contribution in [3.8, 4) is 0 Å². The summed E-state index contributed by atoms with van der Waals surface area (Å²) in [6.07, 6.45) is 7.78. The molecule has 2 aliphatic rings. The van der Waals surface area contributed by atoms with Crippen LogP contribution in [0.4, 0.5) is 4.79 Å². The van der Waals surface area contributed by atoms with E-state index in [-0.39, 0.29) is 11.9 Å². The molecule has 142 valence electrons.